The molecule has 1 aromatic rings. The molecule has 0 saturated heterocycles. The van der Waals surface area contributed by atoms with E-state index in [1.807, 2.05) is 26.0 Å². The maximum atomic E-state index is 12.0. The van der Waals surface area contributed by atoms with Gasteiger partial charge in [-0.05, 0) is 51.8 Å². The molecule has 0 bridgehead atoms. The van der Waals surface area contributed by atoms with Crippen LogP contribution in [0.2, 0.25) is 0 Å². The van der Waals surface area contributed by atoms with Gasteiger partial charge in [-0.1, -0.05) is 24.6 Å². The van der Waals surface area contributed by atoms with Gasteiger partial charge in [0.15, 0.2) is 0 Å². The van der Waals surface area contributed by atoms with Gasteiger partial charge < -0.3 is 20.7 Å². The first-order valence-corrected chi connectivity index (χ1v) is 9.39. The van der Waals surface area contributed by atoms with Crippen molar-refractivity contribution in [3.8, 4) is 0 Å². The average molecular weight is 389 g/mol. The highest BCUT2D eigenvalue weighted by Gasteiger charge is 2.15. The smallest absolute Gasteiger partial charge is 0.407 e. The van der Waals surface area contributed by atoms with E-state index in [4.69, 9.17) is 4.74 Å². The molecule has 0 aliphatic heterocycles. The van der Waals surface area contributed by atoms with Gasteiger partial charge in [-0.3, -0.25) is 9.59 Å². The number of rotatable bonds is 8. The van der Waals surface area contributed by atoms with Gasteiger partial charge in [0.05, 0.1) is 0 Å². The number of carbonyl (C=O) groups is 3. The van der Waals surface area contributed by atoms with E-state index in [1.165, 1.54) is 0 Å². The van der Waals surface area contributed by atoms with Crippen LogP contribution in [0.3, 0.4) is 0 Å². The molecule has 0 atom stereocenters. The minimum atomic E-state index is -0.576. The molecule has 0 aliphatic rings. The van der Waals surface area contributed by atoms with E-state index < -0.39 is 11.7 Å². The van der Waals surface area contributed by atoms with Gasteiger partial charge in [-0.2, -0.15) is 0 Å². The molecule has 0 radical (unpaired) electrons. The van der Waals surface area contributed by atoms with Crippen molar-refractivity contribution in [2.75, 3.05) is 11.9 Å². The normalized spacial score (nSPS) is 11.5. The van der Waals surface area contributed by atoms with Crippen molar-refractivity contribution in [1.29, 1.82) is 0 Å². The van der Waals surface area contributed by atoms with Crippen LogP contribution in [-0.4, -0.2) is 30.1 Å². The van der Waals surface area contributed by atoms with Crippen molar-refractivity contribution in [2.45, 2.75) is 59.6 Å². The summed E-state index contributed by atoms with van der Waals surface area (Å²) in [5.74, 6) is -0.360. The Morgan fingerprint density at radius 1 is 1.14 bits per heavy atom. The van der Waals surface area contributed by atoms with Crippen LogP contribution in [0.4, 0.5) is 10.5 Å². The summed E-state index contributed by atoms with van der Waals surface area (Å²) in [6.45, 7) is 9.78. The average Bonchev–Trinajstić information content (AvgIpc) is 2.58. The van der Waals surface area contributed by atoms with Crippen LogP contribution in [0.1, 0.15) is 53.0 Å². The van der Waals surface area contributed by atoms with Crippen molar-refractivity contribution in [2.24, 2.45) is 0 Å². The fraction of sp³-hybridized carbons (Fsp3) is 0.476. The summed E-state index contributed by atoms with van der Waals surface area (Å²) >= 11 is 0. The zero-order valence-corrected chi connectivity index (χ0v) is 17.3. The second-order valence-electron chi connectivity index (χ2n) is 7.49. The first-order chi connectivity index (χ1) is 13.1. The van der Waals surface area contributed by atoms with E-state index in [2.05, 4.69) is 16.0 Å². The van der Waals surface area contributed by atoms with Crippen molar-refractivity contribution >= 4 is 23.6 Å². The van der Waals surface area contributed by atoms with E-state index in [0.717, 1.165) is 17.6 Å². The number of benzene rings is 1. The van der Waals surface area contributed by atoms with E-state index >= 15 is 0 Å². The predicted octanol–water partition coefficient (Wildman–Crippen LogP) is 3.51. The Morgan fingerprint density at radius 3 is 2.50 bits per heavy atom. The molecule has 3 N–H and O–H groups in total. The fourth-order valence-electron chi connectivity index (χ4n) is 2.14. The maximum absolute atomic E-state index is 12.0. The minimum Gasteiger partial charge on any atom is -0.444 e. The molecule has 0 fully saturated rings. The molecule has 1 rings (SSSR count). The number of allylic oxidation sites excluding steroid dienone is 1. The van der Waals surface area contributed by atoms with Crippen molar-refractivity contribution in [3.63, 3.8) is 0 Å². The molecular weight excluding hydrogens is 358 g/mol. The molecule has 1 aromatic carbocycles. The number of hydrogen-bond donors (Lipinski definition) is 3. The van der Waals surface area contributed by atoms with E-state index in [1.54, 1.807) is 39.0 Å². The number of alkyl carbamates (subject to hydrolysis) is 1. The Labute approximate surface area is 166 Å². The highest BCUT2D eigenvalue weighted by atomic mass is 16.6. The largest absolute Gasteiger partial charge is 0.444 e. The minimum absolute atomic E-state index is 0.126. The SMILES string of the molecule is CC/C(C)=C/C(=O)NCc1cccc(NC(=O)CCNC(=O)OC(C)(C)C)c1. The third-order valence-corrected chi connectivity index (χ3v) is 3.63. The van der Waals surface area contributed by atoms with Crippen LogP contribution in [0.5, 0.6) is 0 Å². The van der Waals surface area contributed by atoms with Gasteiger partial charge in [-0.25, -0.2) is 4.79 Å². The summed E-state index contributed by atoms with van der Waals surface area (Å²) in [7, 11) is 0. The molecule has 3 amide bonds. The molecule has 7 heteroatoms. The van der Waals surface area contributed by atoms with Gasteiger partial charge in [0.25, 0.3) is 0 Å². The third-order valence-electron chi connectivity index (χ3n) is 3.63. The van der Waals surface area contributed by atoms with Crippen molar-refractivity contribution in [3.05, 3.63) is 41.5 Å². The maximum Gasteiger partial charge on any atom is 0.407 e. The molecule has 0 spiro atoms. The number of hydrogen-bond acceptors (Lipinski definition) is 4. The highest BCUT2D eigenvalue weighted by molar-refractivity contribution is 5.91. The lowest BCUT2D eigenvalue weighted by atomic mass is 10.2. The van der Waals surface area contributed by atoms with Crippen molar-refractivity contribution < 1.29 is 19.1 Å². The van der Waals surface area contributed by atoms with E-state index in [0.29, 0.717) is 12.2 Å². The lowest BCUT2D eigenvalue weighted by Gasteiger charge is -2.19. The van der Waals surface area contributed by atoms with Crippen molar-refractivity contribution in [1.82, 2.24) is 10.6 Å². The van der Waals surface area contributed by atoms with E-state index in [9.17, 15) is 14.4 Å². The zero-order chi connectivity index (χ0) is 21.2. The topological polar surface area (TPSA) is 96.5 Å². The third kappa shape index (κ3) is 10.4. The number of nitrogens with one attached hydrogen (secondary N) is 3. The molecule has 0 unspecified atom stereocenters. The monoisotopic (exact) mass is 389 g/mol. The molecular formula is C21H31N3O4. The molecule has 7 nitrogen and oxygen atoms in total. The summed E-state index contributed by atoms with van der Waals surface area (Å²) in [6.07, 6.45) is 1.99. The number of ether oxygens (including phenoxy) is 1. The second kappa shape index (κ2) is 11.1. The summed E-state index contributed by atoms with van der Waals surface area (Å²) in [6, 6.07) is 7.25. The first kappa shape index (κ1) is 23.2. The van der Waals surface area contributed by atoms with Crippen LogP contribution in [-0.2, 0) is 20.9 Å². The Hall–Kier alpha value is -2.83. The highest BCUT2D eigenvalue weighted by Crippen LogP contribution is 2.11. The Balaban J connectivity index is 2.44. The van der Waals surface area contributed by atoms with Gasteiger partial charge in [-0.15, -0.1) is 0 Å². The Kier molecular flexibility index (Phi) is 9.21. The first-order valence-electron chi connectivity index (χ1n) is 9.39. The van der Waals surface area contributed by atoms with Gasteiger partial charge >= 0.3 is 6.09 Å². The summed E-state index contributed by atoms with van der Waals surface area (Å²) in [5, 5.41) is 8.14. The number of anilines is 1. The Bertz CT molecular complexity index is 721. The Morgan fingerprint density at radius 2 is 1.86 bits per heavy atom. The summed E-state index contributed by atoms with van der Waals surface area (Å²) in [4.78, 5) is 35.4. The second-order valence-corrected chi connectivity index (χ2v) is 7.49. The fourth-order valence-corrected chi connectivity index (χ4v) is 2.14. The van der Waals surface area contributed by atoms with E-state index in [-0.39, 0.29) is 24.8 Å². The molecule has 28 heavy (non-hydrogen) atoms. The lowest BCUT2D eigenvalue weighted by Crippen LogP contribution is -2.34. The van der Waals surface area contributed by atoms with Crippen LogP contribution in [0, 0.1) is 0 Å². The van der Waals surface area contributed by atoms with Gasteiger partial charge in [0.2, 0.25) is 11.8 Å². The summed E-state index contributed by atoms with van der Waals surface area (Å²) < 4.78 is 5.11. The number of amides is 3. The van der Waals surface area contributed by atoms with Crippen LogP contribution >= 0.6 is 0 Å². The molecule has 0 aliphatic carbocycles. The standard InChI is InChI=1S/C21H31N3O4/c1-6-15(2)12-19(26)23-14-16-8-7-9-17(13-16)24-18(25)10-11-22-20(27)28-21(3,4)5/h7-9,12-13H,6,10-11,14H2,1-5H3,(H,22,27)(H,23,26)(H,24,25)/b15-12+. The molecule has 0 heterocycles. The van der Waals surface area contributed by atoms with Crippen LogP contribution in [0.15, 0.2) is 35.9 Å². The lowest BCUT2D eigenvalue weighted by molar-refractivity contribution is -0.117. The molecule has 154 valence electrons. The van der Waals surface area contributed by atoms with Gasteiger partial charge in [0.1, 0.15) is 5.60 Å². The van der Waals surface area contributed by atoms with Gasteiger partial charge in [0, 0.05) is 31.3 Å². The van der Waals surface area contributed by atoms with Crippen LogP contribution < -0.4 is 16.0 Å². The quantitative estimate of drug-likeness (QED) is 0.593. The summed E-state index contributed by atoms with van der Waals surface area (Å²) in [5.41, 5.74) is 1.95. The molecule has 0 aromatic heterocycles. The number of carbonyl (C=O) groups excluding carboxylic acids is 3. The predicted molar refractivity (Wildman–Crippen MR) is 110 cm³/mol. The zero-order valence-electron chi connectivity index (χ0n) is 17.3. The van der Waals surface area contributed by atoms with Crippen LogP contribution in [0.25, 0.3) is 0 Å². The molecule has 0 saturated carbocycles.